The van der Waals surface area contributed by atoms with Crippen LogP contribution in [-0.4, -0.2) is 0 Å². The quantitative estimate of drug-likeness (QED) is 0.563. The van der Waals surface area contributed by atoms with Crippen LogP contribution in [0.1, 0.15) is 6.92 Å². The van der Waals surface area contributed by atoms with Gasteiger partial charge in [-0.05, 0) is 13.0 Å². The van der Waals surface area contributed by atoms with Gasteiger partial charge in [-0.15, -0.1) is 0 Å². The summed E-state index contributed by atoms with van der Waals surface area (Å²) < 4.78 is 12.4. The third-order valence-electron chi connectivity index (χ3n) is 1.02. The molecule has 0 radical (unpaired) electrons. The second-order valence-corrected chi connectivity index (χ2v) is 1.70. The molecule has 0 rings (SSSR count). The van der Waals surface area contributed by atoms with Crippen molar-refractivity contribution in [2.45, 2.75) is 6.92 Å². The van der Waals surface area contributed by atoms with Crippen molar-refractivity contribution in [3.8, 4) is 0 Å². The van der Waals surface area contributed by atoms with E-state index in [4.69, 9.17) is 5.73 Å². The molecule has 0 saturated heterocycles. The summed E-state index contributed by atoms with van der Waals surface area (Å²) in [5.41, 5.74) is 5.77. The average molecular weight is 127 g/mol. The second kappa shape index (κ2) is 3.07. The standard InChI is InChI=1S/C7H10FN/c1-4-7(8)5(2)6(3)9/h4H,1,3,9H2,2H3/b7-5+. The molecule has 0 heterocycles. The molecule has 0 aliphatic heterocycles. The predicted molar refractivity (Wildman–Crippen MR) is 37.3 cm³/mol. The lowest BCUT2D eigenvalue weighted by molar-refractivity contribution is 0.656. The Morgan fingerprint density at radius 1 is 1.67 bits per heavy atom. The van der Waals surface area contributed by atoms with Crippen LogP contribution in [0.4, 0.5) is 4.39 Å². The number of allylic oxidation sites excluding steroid dienone is 3. The molecular formula is C7H10FN. The van der Waals surface area contributed by atoms with Crippen LogP contribution in [0.3, 0.4) is 0 Å². The van der Waals surface area contributed by atoms with E-state index in [0.717, 1.165) is 6.08 Å². The summed E-state index contributed by atoms with van der Waals surface area (Å²) in [6.07, 6.45) is 1.10. The van der Waals surface area contributed by atoms with Crippen LogP contribution in [0, 0.1) is 0 Å². The monoisotopic (exact) mass is 127 g/mol. The molecule has 0 spiro atoms. The van der Waals surface area contributed by atoms with Crippen molar-refractivity contribution in [3.63, 3.8) is 0 Å². The summed E-state index contributed by atoms with van der Waals surface area (Å²) in [7, 11) is 0. The van der Waals surface area contributed by atoms with Crippen LogP contribution in [0.15, 0.2) is 36.3 Å². The smallest absolute Gasteiger partial charge is 0.127 e. The van der Waals surface area contributed by atoms with E-state index in [-0.39, 0.29) is 5.70 Å². The first-order valence-electron chi connectivity index (χ1n) is 2.53. The van der Waals surface area contributed by atoms with Gasteiger partial charge in [-0.2, -0.15) is 0 Å². The fraction of sp³-hybridized carbons (Fsp3) is 0.143. The van der Waals surface area contributed by atoms with E-state index in [0.29, 0.717) is 5.57 Å². The molecule has 0 fully saturated rings. The maximum atomic E-state index is 12.4. The van der Waals surface area contributed by atoms with Crippen molar-refractivity contribution in [1.29, 1.82) is 0 Å². The lowest BCUT2D eigenvalue weighted by Crippen LogP contribution is -1.96. The minimum atomic E-state index is -0.414. The predicted octanol–water partition coefficient (Wildman–Crippen LogP) is 1.89. The zero-order chi connectivity index (χ0) is 7.44. The largest absolute Gasteiger partial charge is 0.399 e. The number of rotatable bonds is 2. The van der Waals surface area contributed by atoms with E-state index in [1.807, 2.05) is 0 Å². The van der Waals surface area contributed by atoms with Gasteiger partial charge in [-0.1, -0.05) is 13.2 Å². The van der Waals surface area contributed by atoms with E-state index in [1.54, 1.807) is 6.92 Å². The number of halogens is 1. The van der Waals surface area contributed by atoms with E-state index >= 15 is 0 Å². The van der Waals surface area contributed by atoms with Crippen LogP contribution < -0.4 is 5.73 Å². The SMILES string of the molecule is C=C/C(F)=C(/C)C(=C)N. The third kappa shape index (κ3) is 2.13. The zero-order valence-corrected chi connectivity index (χ0v) is 5.45. The van der Waals surface area contributed by atoms with Crippen LogP contribution in [0.2, 0.25) is 0 Å². The Hall–Kier alpha value is -1.05. The Bertz CT molecular complexity index is 168. The summed E-state index contributed by atoms with van der Waals surface area (Å²) in [6, 6.07) is 0. The van der Waals surface area contributed by atoms with Crippen LogP contribution in [0.5, 0.6) is 0 Å². The Balaban J connectivity index is 4.47. The maximum absolute atomic E-state index is 12.4. The average Bonchev–Trinajstić information content (AvgIpc) is 1.84. The molecule has 50 valence electrons. The molecule has 2 N–H and O–H groups in total. The highest BCUT2D eigenvalue weighted by Gasteiger charge is 1.95. The van der Waals surface area contributed by atoms with Crippen LogP contribution in [0.25, 0.3) is 0 Å². The van der Waals surface area contributed by atoms with Gasteiger partial charge in [0.05, 0.1) is 0 Å². The van der Waals surface area contributed by atoms with Gasteiger partial charge in [0, 0.05) is 11.3 Å². The van der Waals surface area contributed by atoms with Gasteiger partial charge >= 0.3 is 0 Å². The van der Waals surface area contributed by atoms with E-state index in [2.05, 4.69) is 13.2 Å². The Morgan fingerprint density at radius 3 is 2.22 bits per heavy atom. The van der Waals surface area contributed by atoms with Gasteiger partial charge in [-0.25, -0.2) is 4.39 Å². The fourth-order valence-corrected chi connectivity index (χ4v) is 0.306. The molecule has 0 aliphatic rings. The van der Waals surface area contributed by atoms with Crippen LogP contribution >= 0.6 is 0 Å². The topological polar surface area (TPSA) is 26.0 Å². The third-order valence-corrected chi connectivity index (χ3v) is 1.02. The molecule has 0 aromatic carbocycles. The van der Waals surface area contributed by atoms with Crippen molar-refractivity contribution in [2.24, 2.45) is 5.73 Å². The van der Waals surface area contributed by atoms with Gasteiger partial charge in [0.15, 0.2) is 0 Å². The molecule has 0 atom stereocenters. The first-order valence-corrected chi connectivity index (χ1v) is 2.53. The van der Waals surface area contributed by atoms with Crippen molar-refractivity contribution < 1.29 is 4.39 Å². The minimum absolute atomic E-state index is 0.243. The second-order valence-electron chi connectivity index (χ2n) is 1.70. The van der Waals surface area contributed by atoms with Crippen molar-refractivity contribution in [3.05, 3.63) is 36.3 Å². The van der Waals surface area contributed by atoms with Crippen molar-refractivity contribution in [2.75, 3.05) is 0 Å². The fourth-order valence-electron chi connectivity index (χ4n) is 0.306. The highest BCUT2D eigenvalue weighted by Crippen LogP contribution is 2.09. The highest BCUT2D eigenvalue weighted by molar-refractivity contribution is 5.30. The molecular weight excluding hydrogens is 117 g/mol. The summed E-state index contributed by atoms with van der Waals surface area (Å²) in [5.74, 6) is -0.414. The normalized spacial score (nSPS) is 12.2. The van der Waals surface area contributed by atoms with Gasteiger partial charge in [0.25, 0.3) is 0 Å². The Morgan fingerprint density at radius 2 is 2.11 bits per heavy atom. The highest BCUT2D eigenvalue weighted by atomic mass is 19.1. The molecule has 2 heteroatoms. The molecule has 0 aliphatic carbocycles. The molecule has 0 saturated carbocycles. The first-order chi connectivity index (χ1) is 4.09. The summed E-state index contributed by atoms with van der Waals surface area (Å²) in [6.45, 7) is 8.15. The first kappa shape index (κ1) is 7.95. The number of hydrogen-bond donors (Lipinski definition) is 1. The summed E-state index contributed by atoms with van der Waals surface area (Å²) in [4.78, 5) is 0. The molecule has 9 heavy (non-hydrogen) atoms. The lowest BCUT2D eigenvalue weighted by Gasteiger charge is -1.96. The zero-order valence-electron chi connectivity index (χ0n) is 5.45. The molecule has 0 amide bonds. The van der Waals surface area contributed by atoms with Crippen LogP contribution in [-0.2, 0) is 0 Å². The minimum Gasteiger partial charge on any atom is -0.399 e. The van der Waals surface area contributed by atoms with Crippen molar-refractivity contribution >= 4 is 0 Å². The molecule has 0 aromatic heterocycles. The van der Waals surface area contributed by atoms with E-state index in [9.17, 15) is 4.39 Å². The van der Waals surface area contributed by atoms with Gasteiger partial charge in [-0.3, -0.25) is 0 Å². The Labute approximate surface area is 54.4 Å². The number of nitrogens with two attached hydrogens (primary N) is 1. The van der Waals surface area contributed by atoms with E-state index in [1.165, 1.54) is 0 Å². The van der Waals surface area contributed by atoms with Gasteiger partial charge in [0.1, 0.15) is 5.83 Å². The van der Waals surface area contributed by atoms with Gasteiger partial charge < -0.3 is 5.73 Å². The van der Waals surface area contributed by atoms with E-state index < -0.39 is 5.83 Å². The lowest BCUT2D eigenvalue weighted by atomic mass is 10.2. The molecule has 0 aromatic rings. The van der Waals surface area contributed by atoms with Gasteiger partial charge in [0.2, 0.25) is 0 Å². The molecule has 0 bridgehead atoms. The Kier molecular flexibility index (Phi) is 2.71. The molecule has 1 nitrogen and oxygen atoms in total. The summed E-state index contributed by atoms with van der Waals surface area (Å²) in [5, 5.41) is 0. The van der Waals surface area contributed by atoms with Crippen molar-refractivity contribution in [1.82, 2.24) is 0 Å². The summed E-state index contributed by atoms with van der Waals surface area (Å²) >= 11 is 0. The maximum Gasteiger partial charge on any atom is 0.127 e. The number of hydrogen-bond acceptors (Lipinski definition) is 1. The molecule has 0 unspecified atom stereocenters.